The van der Waals surface area contributed by atoms with E-state index in [1.54, 1.807) is 0 Å². The van der Waals surface area contributed by atoms with Crippen molar-refractivity contribution in [1.29, 1.82) is 0 Å². The van der Waals surface area contributed by atoms with Crippen molar-refractivity contribution in [2.24, 2.45) is 0 Å². The van der Waals surface area contributed by atoms with Gasteiger partial charge in [-0.15, -0.1) is 0 Å². The summed E-state index contributed by atoms with van der Waals surface area (Å²) in [6.07, 6.45) is -0.803. The molecule has 1 aliphatic rings. The lowest BCUT2D eigenvalue weighted by Crippen LogP contribution is -2.25. The number of benzene rings is 1. The van der Waals surface area contributed by atoms with E-state index in [4.69, 9.17) is 4.74 Å². The van der Waals surface area contributed by atoms with Crippen molar-refractivity contribution in [2.75, 3.05) is 6.61 Å². The van der Waals surface area contributed by atoms with Crippen LogP contribution in [0.4, 0.5) is 8.78 Å². The van der Waals surface area contributed by atoms with Gasteiger partial charge in [-0.05, 0) is 13.0 Å². The number of halogens is 2. The zero-order chi connectivity index (χ0) is 10.3. The summed E-state index contributed by atoms with van der Waals surface area (Å²) in [5, 5.41) is 9.40. The summed E-state index contributed by atoms with van der Waals surface area (Å²) in [4.78, 5) is 0. The Balaban J connectivity index is 2.42. The molecule has 1 heterocycles. The summed E-state index contributed by atoms with van der Waals surface area (Å²) < 4.78 is 31.0. The second-order valence-electron chi connectivity index (χ2n) is 3.48. The molecule has 1 fully saturated rings. The van der Waals surface area contributed by atoms with Gasteiger partial charge in [-0.2, -0.15) is 0 Å². The number of aliphatic hydroxyl groups is 1. The zero-order valence-corrected chi connectivity index (χ0v) is 7.63. The van der Waals surface area contributed by atoms with Crippen molar-refractivity contribution in [3.8, 4) is 0 Å². The average Bonchev–Trinajstić information content (AvgIpc) is 2.84. The van der Waals surface area contributed by atoms with Crippen LogP contribution in [-0.2, 0) is 10.3 Å². The summed E-state index contributed by atoms with van der Waals surface area (Å²) >= 11 is 0. The van der Waals surface area contributed by atoms with Gasteiger partial charge in [-0.3, -0.25) is 0 Å². The van der Waals surface area contributed by atoms with Crippen LogP contribution in [0.2, 0.25) is 0 Å². The largest absolute Gasteiger partial charge is 0.390 e. The molecule has 1 aliphatic heterocycles. The van der Waals surface area contributed by atoms with Crippen LogP contribution in [0, 0.1) is 11.6 Å². The summed E-state index contributed by atoms with van der Waals surface area (Å²) in [6, 6.07) is 3.26. The molecule has 2 rings (SSSR count). The summed E-state index contributed by atoms with van der Waals surface area (Å²) in [5.74, 6) is -1.31. The van der Waals surface area contributed by atoms with Gasteiger partial charge in [0.05, 0.1) is 12.7 Å². The van der Waals surface area contributed by atoms with Crippen LogP contribution in [0.1, 0.15) is 12.5 Å². The van der Waals surface area contributed by atoms with E-state index in [0.29, 0.717) is 0 Å². The molecule has 1 aromatic carbocycles. The molecule has 4 heteroatoms. The number of hydrogen-bond donors (Lipinski definition) is 1. The minimum atomic E-state index is -0.961. The van der Waals surface area contributed by atoms with Crippen LogP contribution < -0.4 is 0 Å². The Bertz CT molecular complexity index is 359. The van der Waals surface area contributed by atoms with Gasteiger partial charge in [0.15, 0.2) is 0 Å². The van der Waals surface area contributed by atoms with Gasteiger partial charge >= 0.3 is 0 Å². The van der Waals surface area contributed by atoms with Crippen molar-refractivity contribution < 1.29 is 18.6 Å². The maximum atomic E-state index is 13.3. The lowest BCUT2D eigenvalue weighted by molar-refractivity contribution is 0.0863. The van der Waals surface area contributed by atoms with Gasteiger partial charge in [0.2, 0.25) is 0 Å². The number of hydrogen-bond acceptors (Lipinski definition) is 2. The van der Waals surface area contributed by atoms with E-state index in [1.165, 1.54) is 13.0 Å². The van der Waals surface area contributed by atoms with Gasteiger partial charge in [0, 0.05) is 11.6 Å². The number of aliphatic hydroxyl groups excluding tert-OH is 1. The average molecular weight is 200 g/mol. The monoisotopic (exact) mass is 200 g/mol. The van der Waals surface area contributed by atoms with Gasteiger partial charge in [0.1, 0.15) is 17.2 Å². The Morgan fingerprint density at radius 2 is 2.14 bits per heavy atom. The molecule has 0 amide bonds. The van der Waals surface area contributed by atoms with Crippen molar-refractivity contribution >= 4 is 0 Å². The van der Waals surface area contributed by atoms with E-state index in [1.807, 2.05) is 0 Å². The smallest absolute Gasteiger partial charge is 0.145 e. The molecule has 0 aliphatic carbocycles. The lowest BCUT2D eigenvalue weighted by Gasteiger charge is -2.15. The fourth-order valence-corrected chi connectivity index (χ4v) is 1.53. The molecular weight excluding hydrogens is 190 g/mol. The first kappa shape index (κ1) is 9.55. The van der Waals surface area contributed by atoms with E-state index in [0.717, 1.165) is 12.1 Å². The quantitative estimate of drug-likeness (QED) is 0.735. The summed E-state index contributed by atoms with van der Waals surface area (Å²) in [7, 11) is 0. The van der Waals surface area contributed by atoms with Crippen molar-refractivity contribution in [3.63, 3.8) is 0 Å². The van der Waals surface area contributed by atoms with E-state index < -0.39 is 23.3 Å². The van der Waals surface area contributed by atoms with E-state index >= 15 is 0 Å². The number of ether oxygens (including phenoxy) is 1. The molecule has 0 radical (unpaired) electrons. The van der Waals surface area contributed by atoms with E-state index in [9.17, 15) is 13.9 Å². The highest BCUT2D eigenvalue weighted by Crippen LogP contribution is 2.43. The van der Waals surface area contributed by atoms with Crippen molar-refractivity contribution in [3.05, 3.63) is 35.4 Å². The summed E-state index contributed by atoms with van der Waals surface area (Å²) in [6.45, 7) is 1.79. The fraction of sp³-hybridized carbons (Fsp3) is 0.400. The van der Waals surface area contributed by atoms with Crippen molar-refractivity contribution in [1.82, 2.24) is 0 Å². The van der Waals surface area contributed by atoms with Crippen LogP contribution in [0.25, 0.3) is 0 Å². The molecule has 0 spiro atoms. The second-order valence-corrected chi connectivity index (χ2v) is 3.48. The normalized spacial score (nSPS) is 27.4. The lowest BCUT2D eigenvalue weighted by atomic mass is 9.94. The molecule has 76 valence electrons. The first-order valence-corrected chi connectivity index (χ1v) is 4.34. The van der Waals surface area contributed by atoms with E-state index in [-0.39, 0.29) is 12.2 Å². The molecule has 0 aromatic heterocycles. The Labute approximate surface area is 80.1 Å². The van der Waals surface area contributed by atoms with Crippen LogP contribution in [0.15, 0.2) is 18.2 Å². The van der Waals surface area contributed by atoms with E-state index in [2.05, 4.69) is 0 Å². The predicted molar refractivity (Wildman–Crippen MR) is 45.7 cm³/mol. The van der Waals surface area contributed by atoms with Crippen LogP contribution in [0.3, 0.4) is 0 Å². The Kier molecular flexibility index (Phi) is 2.05. The Morgan fingerprint density at radius 1 is 1.50 bits per heavy atom. The van der Waals surface area contributed by atoms with Crippen molar-refractivity contribution in [2.45, 2.75) is 18.6 Å². The highest BCUT2D eigenvalue weighted by atomic mass is 19.1. The molecule has 2 nitrogen and oxygen atoms in total. The third kappa shape index (κ3) is 1.31. The molecule has 1 aromatic rings. The minimum absolute atomic E-state index is 0.217. The third-order valence-corrected chi connectivity index (χ3v) is 2.52. The van der Waals surface area contributed by atoms with Gasteiger partial charge in [-0.1, -0.05) is 6.07 Å². The number of epoxide rings is 1. The molecule has 1 N–H and O–H groups in total. The SMILES string of the molecule is C[C@H](O)C1(c2ccc(F)cc2F)CO1. The Morgan fingerprint density at radius 3 is 2.57 bits per heavy atom. The van der Waals surface area contributed by atoms with Gasteiger partial charge in [0.25, 0.3) is 0 Å². The molecule has 0 saturated carbocycles. The van der Waals surface area contributed by atoms with Gasteiger partial charge < -0.3 is 9.84 Å². The standard InChI is InChI=1S/C10H10F2O2/c1-6(13)10(5-14-10)8-3-2-7(11)4-9(8)12/h2-4,6,13H,5H2,1H3/t6-,10?/m0/s1. The molecule has 14 heavy (non-hydrogen) atoms. The molecule has 2 atom stereocenters. The third-order valence-electron chi connectivity index (χ3n) is 2.52. The first-order chi connectivity index (χ1) is 6.56. The highest BCUT2D eigenvalue weighted by molar-refractivity contribution is 5.30. The van der Waals surface area contributed by atoms with Crippen LogP contribution in [-0.4, -0.2) is 17.8 Å². The molecule has 1 saturated heterocycles. The summed E-state index contributed by atoms with van der Waals surface area (Å²) in [5.41, 5.74) is -0.744. The highest BCUT2D eigenvalue weighted by Gasteiger charge is 2.52. The second kappa shape index (κ2) is 3.00. The first-order valence-electron chi connectivity index (χ1n) is 4.34. The van der Waals surface area contributed by atoms with Crippen LogP contribution >= 0.6 is 0 Å². The molecule has 0 bridgehead atoms. The minimum Gasteiger partial charge on any atom is -0.390 e. The molecule has 1 unspecified atom stereocenters. The maximum absolute atomic E-state index is 13.3. The maximum Gasteiger partial charge on any atom is 0.145 e. The molecular formula is C10H10F2O2. The topological polar surface area (TPSA) is 32.8 Å². The van der Waals surface area contributed by atoms with Gasteiger partial charge in [-0.25, -0.2) is 8.78 Å². The van der Waals surface area contributed by atoms with Crippen LogP contribution in [0.5, 0.6) is 0 Å². The predicted octanol–water partition coefficient (Wildman–Crippen LogP) is 1.57. The number of rotatable bonds is 2. The fourth-order valence-electron chi connectivity index (χ4n) is 1.53. The Hall–Kier alpha value is -1.00. The zero-order valence-electron chi connectivity index (χ0n) is 7.63.